The van der Waals surface area contributed by atoms with Crippen LogP contribution < -0.4 is 5.32 Å². The Morgan fingerprint density at radius 2 is 1.90 bits per heavy atom. The van der Waals surface area contributed by atoms with Crippen molar-refractivity contribution in [2.24, 2.45) is 11.8 Å². The number of likely N-dealkylation sites (tertiary alicyclic amines) is 1. The predicted molar refractivity (Wildman–Crippen MR) is 121 cm³/mol. The quantitative estimate of drug-likeness (QED) is 0.642. The zero-order valence-corrected chi connectivity index (χ0v) is 18.9. The zero-order chi connectivity index (χ0) is 21.6. The maximum atomic E-state index is 12.6. The Labute approximate surface area is 185 Å². The number of nitrogens with one attached hydrogen (secondary N) is 1. The largest absolute Gasteiger partial charge is 0.349 e. The number of aromatic nitrogens is 2. The fraction of sp³-hybridized carbons (Fsp3) is 0.640. The lowest BCUT2D eigenvalue weighted by atomic mass is 9.84. The second kappa shape index (κ2) is 10.4. The van der Waals surface area contributed by atoms with Crippen molar-refractivity contribution in [1.29, 1.82) is 0 Å². The molecule has 0 radical (unpaired) electrons. The Kier molecular flexibility index (Phi) is 7.38. The van der Waals surface area contributed by atoms with E-state index in [0.29, 0.717) is 11.8 Å². The minimum atomic E-state index is 0.0848. The van der Waals surface area contributed by atoms with Gasteiger partial charge in [-0.15, -0.1) is 0 Å². The second-order valence-electron chi connectivity index (χ2n) is 9.65. The number of amides is 1. The number of rotatable bonds is 9. The van der Waals surface area contributed by atoms with Crippen molar-refractivity contribution in [3.8, 4) is 0 Å². The predicted octanol–water partition coefficient (Wildman–Crippen LogP) is 4.50. The Hall–Kier alpha value is -2.21. The lowest BCUT2D eigenvalue weighted by molar-refractivity contribution is -0.128. The van der Waals surface area contributed by atoms with E-state index in [1.54, 1.807) is 0 Å². The van der Waals surface area contributed by atoms with Crippen molar-refractivity contribution in [2.75, 3.05) is 19.6 Å². The summed E-state index contributed by atoms with van der Waals surface area (Å²) in [6, 6.07) is 10.5. The van der Waals surface area contributed by atoms with Gasteiger partial charge in [-0.3, -0.25) is 4.79 Å². The van der Waals surface area contributed by atoms with Gasteiger partial charge in [0.2, 0.25) is 11.8 Å². The summed E-state index contributed by atoms with van der Waals surface area (Å²) in [4.78, 5) is 19.7. The molecular weight excluding hydrogens is 388 g/mol. The topological polar surface area (TPSA) is 71.3 Å². The molecule has 2 fully saturated rings. The van der Waals surface area contributed by atoms with Gasteiger partial charge in [0.05, 0.1) is 6.04 Å². The molecule has 1 aliphatic heterocycles. The molecule has 1 atom stereocenters. The summed E-state index contributed by atoms with van der Waals surface area (Å²) in [5.41, 5.74) is 1.20. The lowest BCUT2D eigenvalue weighted by Gasteiger charge is -2.32. The van der Waals surface area contributed by atoms with Crippen molar-refractivity contribution >= 4 is 5.91 Å². The lowest BCUT2D eigenvalue weighted by Crippen LogP contribution is -2.39. The summed E-state index contributed by atoms with van der Waals surface area (Å²) < 4.78 is 5.55. The van der Waals surface area contributed by atoms with Crippen LogP contribution in [-0.2, 0) is 11.2 Å². The van der Waals surface area contributed by atoms with Crippen LogP contribution in [0.3, 0.4) is 0 Å². The van der Waals surface area contributed by atoms with Crippen LogP contribution in [0.2, 0.25) is 0 Å². The molecule has 2 aliphatic rings. The standard InChI is InChI=1S/C25H36N4O2/c1-18(2)17-23-27-25(31-28-23)21-11-14-29(15-12-21)16-13-22(19-7-4-3-5-8-19)26-24(30)20-9-6-10-20/h3-5,7-8,18,20-22H,6,9-17H2,1-2H3,(H,26,30). The minimum absolute atomic E-state index is 0.0848. The highest BCUT2D eigenvalue weighted by molar-refractivity contribution is 5.79. The van der Waals surface area contributed by atoms with Crippen molar-refractivity contribution in [3.05, 3.63) is 47.6 Å². The summed E-state index contributed by atoms with van der Waals surface area (Å²) >= 11 is 0. The molecular formula is C25H36N4O2. The Bertz CT molecular complexity index is 823. The van der Waals surface area contributed by atoms with Gasteiger partial charge in [0.1, 0.15) is 0 Å². The molecule has 6 heteroatoms. The van der Waals surface area contributed by atoms with Gasteiger partial charge in [0.15, 0.2) is 5.82 Å². The molecule has 4 rings (SSSR count). The molecule has 1 N–H and O–H groups in total. The molecule has 2 heterocycles. The zero-order valence-electron chi connectivity index (χ0n) is 18.9. The number of carbonyl (C=O) groups excluding carboxylic acids is 1. The van der Waals surface area contributed by atoms with Gasteiger partial charge >= 0.3 is 0 Å². The molecule has 1 saturated heterocycles. The maximum absolute atomic E-state index is 12.6. The van der Waals surface area contributed by atoms with Crippen LogP contribution in [-0.4, -0.2) is 40.6 Å². The second-order valence-corrected chi connectivity index (χ2v) is 9.65. The summed E-state index contributed by atoms with van der Waals surface area (Å²) in [6.45, 7) is 7.40. The molecule has 6 nitrogen and oxygen atoms in total. The molecule has 1 unspecified atom stereocenters. The van der Waals surface area contributed by atoms with Gasteiger partial charge in [-0.05, 0) is 56.7 Å². The van der Waals surface area contributed by atoms with Gasteiger partial charge in [-0.1, -0.05) is 55.8 Å². The molecule has 31 heavy (non-hydrogen) atoms. The van der Waals surface area contributed by atoms with Gasteiger partial charge < -0.3 is 14.7 Å². The third-order valence-corrected chi connectivity index (χ3v) is 6.74. The van der Waals surface area contributed by atoms with E-state index >= 15 is 0 Å². The number of hydrogen-bond acceptors (Lipinski definition) is 5. The first-order valence-electron chi connectivity index (χ1n) is 12.0. The van der Waals surface area contributed by atoms with Crippen LogP contribution in [0.25, 0.3) is 0 Å². The van der Waals surface area contributed by atoms with E-state index in [1.165, 1.54) is 12.0 Å². The third kappa shape index (κ3) is 5.94. The summed E-state index contributed by atoms with van der Waals surface area (Å²) in [5.74, 6) is 3.00. The van der Waals surface area contributed by atoms with Crippen LogP contribution in [0, 0.1) is 11.8 Å². The molecule has 168 valence electrons. The first-order valence-corrected chi connectivity index (χ1v) is 12.0. The Balaban J connectivity index is 1.28. The SMILES string of the molecule is CC(C)Cc1noc(C2CCN(CCC(NC(=O)C3CCC3)c3ccccc3)CC2)n1. The van der Waals surface area contributed by atoms with Gasteiger partial charge in [-0.2, -0.15) is 4.98 Å². The third-order valence-electron chi connectivity index (χ3n) is 6.74. The Morgan fingerprint density at radius 1 is 1.16 bits per heavy atom. The van der Waals surface area contributed by atoms with Crippen LogP contribution in [0.5, 0.6) is 0 Å². The fourth-order valence-electron chi connectivity index (χ4n) is 4.56. The molecule has 0 bridgehead atoms. The van der Waals surface area contributed by atoms with Crippen LogP contribution >= 0.6 is 0 Å². The first kappa shape index (κ1) is 22.0. The van der Waals surface area contributed by atoms with Crippen LogP contribution in [0.1, 0.15) is 81.6 Å². The first-order chi connectivity index (χ1) is 15.1. The molecule has 1 aromatic carbocycles. The van der Waals surface area contributed by atoms with E-state index in [9.17, 15) is 4.79 Å². The van der Waals surface area contributed by atoms with E-state index in [-0.39, 0.29) is 17.9 Å². The van der Waals surface area contributed by atoms with Gasteiger partial charge in [-0.25, -0.2) is 0 Å². The van der Waals surface area contributed by atoms with E-state index in [1.807, 2.05) is 6.07 Å². The highest BCUT2D eigenvalue weighted by atomic mass is 16.5. The maximum Gasteiger partial charge on any atom is 0.229 e. The Morgan fingerprint density at radius 3 is 2.55 bits per heavy atom. The smallest absolute Gasteiger partial charge is 0.229 e. The minimum Gasteiger partial charge on any atom is -0.349 e. The van der Waals surface area contributed by atoms with E-state index in [0.717, 1.165) is 69.9 Å². The summed E-state index contributed by atoms with van der Waals surface area (Å²) in [5, 5.41) is 7.49. The molecule has 1 aliphatic carbocycles. The van der Waals surface area contributed by atoms with Crippen LogP contribution in [0.15, 0.2) is 34.9 Å². The van der Waals surface area contributed by atoms with Crippen LogP contribution in [0.4, 0.5) is 0 Å². The molecule has 2 aromatic rings. The normalized spacial score (nSPS) is 19.3. The van der Waals surface area contributed by atoms with Crippen molar-refractivity contribution < 1.29 is 9.32 Å². The highest BCUT2D eigenvalue weighted by Crippen LogP contribution is 2.30. The number of hydrogen-bond donors (Lipinski definition) is 1. The highest BCUT2D eigenvalue weighted by Gasteiger charge is 2.29. The van der Waals surface area contributed by atoms with Crippen molar-refractivity contribution in [1.82, 2.24) is 20.4 Å². The summed E-state index contributed by atoms with van der Waals surface area (Å²) in [7, 11) is 0. The number of benzene rings is 1. The average Bonchev–Trinajstić information content (AvgIpc) is 3.18. The molecule has 0 spiro atoms. The van der Waals surface area contributed by atoms with E-state index in [4.69, 9.17) is 4.52 Å². The van der Waals surface area contributed by atoms with Gasteiger partial charge in [0, 0.05) is 24.8 Å². The number of carbonyl (C=O) groups is 1. The summed E-state index contributed by atoms with van der Waals surface area (Å²) in [6.07, 6.45) is 7.16. The number of piperidine rings is 1. The van der Waals surface area contributed by atoms with Crippen molar-refractivity contribution in [3.63, 3.8) is 0 Å². The fourth-order valence-corrected chi connectivity index (χ4v) is 4.56. The van der Waals surface area contributed by atoms with E-state index < -0.39 is 0 Å². The van der Waals surface area contributed by atoms with Crippen molar-refractivity contribution in [2.45, 2.75) is 70.8 Å². The monoisotopic (exact) mass is 424 g/mol. The van der Waals surface area contributed by atoms with Gasteiger partial charge in [0.25, 0.3) is 0 Å². The molecule has 1 saturated carbocycles. The average molecular weight is 425 g/mol. The number of nitrogens with zero attached hydrogens (tertiary/aromatic N) is 3. The molecule has 1 amide bonds. The van der Waals surface area contributed by atoms with E-state index in [2.05, 4.69) is 58.5 Å². The molecule has 1 aromatic heterocycles.